The van der Waals surface area contributed by atoms with Crippen molar-refractivity contribution in [2.24, 2.45) is 0 Å². The standard InChI is InChI=1S/C6H10O.CH4/c1-5(2)4-6(3)7;/h4H,1-3H3;1H4. The van der Waals surface area contributed by atoms with Gasteiger partial charge in [-0.1, -0.05) is 13.0 Å². The van der Waals surface area contributed by atoms with Gasteiger partial charge in [0.2, 0.25) is 0 Å². The fourth-order valence-corrected chi connectivity index (χ4v) is 0.407. The van der Waals surface area contributed by atoms with E-state index in [2.05, 4.69) is 0 Å². The van der Waals surface area contributed by atoms with Crippen LogP contribution in [0.4, 0.5) is 0 Å². The molecule has 0 radical (unpaired) electrons. The maximum Gasteiger partial charge on any atom is 0.152 e. The molecule has 0 aromatic heterocycles. The average molecular weight is 114 g/mol. The summed E-state index contributed by atoms with van der Waals surface area (Å²) < 4.78 is 0. The van der Waals surface area contributed by atoms with Crippen LogP contribution in [0.5, 0.6) is 0 Å². The van der Waals surface area contributed by atoms with Crippen LogP contribution in [-0.4, -0.2) is 5.78 Å². The molecular weight excluding hydrogens is 100 g/mol. The van der Waals surface area contributed by atoms with Crippen molar-refractivity contribution in [2.75, 3.05) is 0 Å². The molecule has 0 amide bonds. The van der Waals surface area contributed by atoms with Crippen LogP contribution >= 0.6 is 0 Å². The molecule has 8 heavy (non-hydrogen) atoms. The molecule has 0 saturated heterocycles. The van der Waals surface area contributed by atoms with Gasteiger partial charge in [0, 0.05) is 0 Å². The second-order valence-corrected chi connectivity index (χ2v) is 1.83. The highest BCUT2D eigenvalue weighted by Crippen LogP contribution is 1.86. The van der Waals surface area contributed by atoms with Crippen molar-refractivity contribution in [3.05, 3.63) is 11.6 Å². The highest BCUT2D eigenvalue weighted by Gasteiger charge is 1.80. The van der Waals surface area contributed by atoms with E-state index >= 15 is 0 Å². The molecule has 0 fully saturated rings. The molecular formula is C7H14O. The summed E-state index contributed by atoms with van der Waals surface area (Å²) in [5, 5.41) is 0. The molecule has 48 valence electrons. The third-order valence-electron chi connectivity index (χ3n) is 0.492. The van der Waals surface area contributed by atoms with Crippen LogP contribution in [0, 0.1) is 0 Å². The Balaban J connectivity index is 0. The van der Waals surface area contributed by atoms with Crippen molar-refractivity contribution in [1.29, 1.82) is 0 Å². The number of ketones is 1. The van der Waals surface area contributed by atoms with Crippen molar-refractivity contribution >= 4 is 5.78 Å². The monoisotopic (exact) mass is 114 g/mol. The Morgan fingerprint density at radius 1 is 1.25 bits per heavy atom. The molecule has 0 unspecified atom stereocenters. The van der Waals surface area contributed by atoms with Gasteiger partial charge in [0.05, 0.1) is 0 Å². The van der Waals surface area contributed by atoms with E-state index in [-0.39, 0.29) is 13.2 Å². The van der Waals surface area contributed by atoms with E-state index in [1.165, 1.54) is 0 Å². The van der Waals surface area contributed by atoms with E-state index in [4.69, 9.17) is 0 Å². The first-order valence-electron chi connectivity index (χ1n) is 2.28. The SMILES string of the molecule is C.CC(=O)C=C(C)C. The van der Waals surface area contributed by atoms with Crippen LogP contribution in [0.2, 0.25) is 0 Å². The zero-order valence-corrected chi connectivity index (χ0v) is 4.99. The maximum atomic E-state index is 10.2. The van der Waals surface area contributed by atoms with E-state index < -0.39 is 0 Å². The molecule has 0 aliphatic heterocycles. The molecule has 0 aliphatic carbocycles. The van der Waals surface area contributed by atoms with Gasteiger partial charge in [0.1, 0.15) is 0 Å². The second kappa shape index (κ2) is 4.57. The Morgan fingerprint density at radius 2 is 1.62 bits per heavy atom. The van der Waals surface area contributed by atoms with Crippen LogP contribution < -0.4 is 0 Å². The average Bonchev–Trinajstić information content (AvgIpc) is 1.27. The van der Waals surface area contributed by atoms with Gasteiger partial charge in [-0.15, -0.1) is 0 Å². The molecule has 0 spiro atoms. The Bertz CT molecular complexity index is 97.0. The molecule has 0 atom stereocenters. The van der Waals surface area contributed by atoms with Gasteiger partial charge < -0.3 is 0 Å². The van der Waals surface area contributed by atoms with E-state index in [1.807, 2.05) is 13.8 Å². The molecule has 1 heteroatoms. The summed E-state index contributed by atoms with van der Waals surface area (Å²) >= 11 is 0. The lowest BCUT2D eigenvalue weighted by Crippen LogP contribution is -1.80. The summed E-state index contributed by atoms with van der Waals surface area (Å²) in [5.74, 6) is 0.125. The van der Waals surface area contributed by atoms with Crippen molar-refractivity contribution in [3.63, 3.8) is 0 Å². The van der Waals surface area contributed by atoms with Gasteiger partial charge in [-0.3, -0.25) is 4.79 Å². The summed E-state index contributed by atoms with van der Waals surface area (Å²) in [6.07, 6.45) is 1.61. The number of allylic oxidation sites excluding steroid dienone is 2. The fraction of sp³-hybridized carbons (Fsp3) is 0.571. The highest BCUT2D eigenvalue weighted by molar-refractivity contribution is 5.87. The van der Waals surface area contributed by atoms with Crippen LogP contribution in [0.15, 0.2) is 11.6 Å². The molecule has 0 aromatic rings. The third kappa shape index (κ3) is 9.05. The van der Waals surface area contributed by atoms with Crippen LogP contribution in [0.25, 0.3) is 0 Å². The van der Waals surface area contributed by atoms with Gasteiger partial charge >= 0.3 is 0 Å². The number of hydrogen-bond acceptors (Lipinski definition) is 1. The summed E-state index contributed by atoms with van der Waals surface area (Å²) in [7, 11) is 0. The smallest absolute Gasteiger partial charge is 0.152 e. The number of carbonyl (C=O) groups excluding carboxylic acids is 1. The van der Waals surface area contributed by atoms with Crippen molar-refractivity contribution < 1.29 is 4.79 Å². The van der Waals surface area contributed by atoms with Crippen molar-refractivity contribution in [2.45, 2.75) is 28.2 Å². The van der Waals surface area contributed by atoms with E-state index in [1.54, 1.807) is 13.0 Å². The molecule has 0 rings (SSSR count). The first kappa shape index (κ1) is 10.4. The first-order valence-corrected chi connectivity index (χ1v) is 2.28. The summed E-state index contributed by atoms with van der Waals surface area (Å²) in [4.78, 5) is 10.2. The summed E-state index contributed by atoms with van der Waals surface area (Å²) in [6, 6.07) is 0. The molecule has 0 saturated carbocycles. The minimum absolute atomic E-state index is 0. The molecule has 0 heterocycles. The Kier molecular flexibility index (Phi) is 5.94. The summed E-state index contributed by atoms with van der Waals surface area (Å²) in [6.45, 7) is 5.36. The first-order chi connectivity index (χ1) is 3.13. The van der Waals surface area contributed by atoms with Gasteiger partial charge in [0.25, 0.3) is 0 Å². The van der Waals surface area contributed by atoms with Crippen LogP contribution in [0.1, 0.15) is 28.2 Å². The number of rotatable bonds is 1. The molecule has 0 aliphatic rings. The minimum Gasteiger partial charge on any atom is -0.295 e. The van der Waals surface area contributed by atoms with Gasteiger partial charge in [-0.05, 0) is 26.8 Å². The zero-order chi connectivity index (χ0) is 5.86. The second-order valence-electron chi connectivity index (χ2n) is 1.83. The lowest BCUT2D eigenvalue weighted by atomic mass is 10.3. The third-order valence-corrected chi connectivity index (χ3v) is 0.492. The number of hydrogen-bond donors (Lipinski definition) is 0. The Labute approximate surface area is 51.4 Å². The zero-order valence-electron chi connectivity index (χ0n) is 4.99. The molecule has 0 aromatic carbocycles. The van der Waals surface area contributed by atoms with E-state index in [0.29, 0.717) is 0 Å². The topological polar surface area (TPSA) is 17.1 Å². The largest absolute Gasteiger partial charge is 0.295 e. The van der Waals surface area contributed by atoms with Gasteiger partial charge in [-0.2, -0.15) is 0 Å². The van der Waals surface area contributed by atoms with E-state index in [0.717, 1.165) is 5.57 Å². The normalized spacial score (nSPS) is 6.88. The fourth-order valence-electron chi connectivity index (χ4n) is 0.407. The highest BCUT2D eigenvalue weighted by atomic mass is 16.1. The predicted molar refractivity (Wildman–Crippen MR) is 36.8 cm³/mol. The lowest BCUT2D eigenvalue weighted by Gasteiger charge is -1.80. The lowest BCUT2D eigenvalue weighted by molar-refractivity contribution is -0.112. The Morgan fingerprint density at radius 3 is 1.62 bits per heavy atom. The van der Waals surface area contributed by atoms with Crippen molar-refractivity contribution in [1.82, 2.24) is 0 Å². The van der Waals surface area contributed by atoms with Gasteiger partial charge in [-0.25, -0.2) is 0 Å². The van der Waals surface area contributed by atoms with E-state index in [9.17, 15) is 4.79 Å². The van der Waals surface area contributed by atoms with Crippen LogP contribution in [-0.2, 0) is 4.79 Å². The predicted octanol–water partition coefficient (Wildman–Crippen LogP) is 2.18. The van der Waals surface area contributed by atoms with Crippen molar-refractivity contribution in [3.8, 4) is 0 Å². The quantitative estimate of drug-likeness (QED) is 0.477. The Hall–Kier alpha value is -0.590. The molecule has 0 bridgehead atoms. The molecule has 1 nitrogen and oxygen atoms in total. The maximum absolute atomic E-state index is 10.2. The number of carbonyl (C=O) groups is 1. The summed E-state index contributed by atoms with van der Waals surface area (Å²) in [5.41, 5.74) is 1.06. The van der Waals surface area contributed by atoms with Gasteiger partial charge in [0.15, 0.2) is 5.78 Å². The minimum atomic E-state index is 0. The molecule has 0 N–H and O–H groups in total. The van der Waals surface area contributed by atoms with Crippen LogP contribution in [0.3, 0.4) is 0 Å².